The van der Waals surface area contributed by atoms with Gasteiger partial charge >= 0.3 is 0 Å². The first-order valence-corrected chi connectivity index (χ1v) is 6.61. The van der Waals surface area contributed by atoms with Gasteiger partial charge in [0.25, 0.3) is 0 Å². The molecule has 1 aromatic heterocycles. The summed E-state index contributed by atoms with van der Waals surface area (Å²) in [6.45, 7) is 4.64. The van der Waals surface area contributed by atoms with Gasteiger partial charge in [-0.1, -0.05) is 0 Å². The Bertz CT molecular complexity index is 361. The van der Waals surface area contributed by atoms with Crippen LogP contribution < -0.4 is 5.32 Å². The van der Waals surface area contributed by atoms with Gasteiger partial charge in [-0.3, -0.25) is 0 Å². The van der Waals surface area contributed by atoms with E-state index in [4.69, 9.17) is 0 Å². The van der Waals surface area contributed by atoms with E-state index in [-0.39, 0.29) is 5.54 Å². The van der Waals surface area contributed by atoms with Crippen molar-refractivity contribution < 1.29 is 0 Å². The maximum atomic E-state index is 3.76. The van der Waals surface area contributed by atoms with Crippen LogP contribution in [0.4, 0.5) is 0 Å². The average Bonchev–Trinajstić information content (AvgIpc) is 2.75. The fraction of sp³-hybridized carbons (Fsp3) is 0.667. The molecule has 0 radical (unpaired) electrons. The Balaban J connectivity index is 2.02. The van der Waals surface area contributed by atoms with Gasteiger partial charge in [0.1, 0.15) is 0 Å². The molecule has 2 nitrogen and oxygen atoms in total. The van der Waals surface area contributed by atoms with E-state index in [1.54, 1.807) is 10.4 Å². The van der Waals surface area contributed by atoms with Crippen molar-refractivity contribution in [3.63, 3.8) is 0 Å². The first-order chi connectivity index (χ1) is 7.21. The number of fused-ring (bicyclic) bond motifs is 2. The zero-order chi connectivity index (χ0) is 10.5. The first kappa shape index (κ1) is 9.82. The van der Waals surface area contributed by atoms with Gasteiger partial charge in [-0.25, -0.2) is 0 Å². The lowest BCUT2D eigenvalue weighted by molar-refractivity contribution is 0.293. The number of likely N-dealkylation sites (N-methyl/N-ethyl adjacent to an activating group) is 1. The molecule has 0 amide bonds. The van der Waals surface area contributed by atoms with E-state index in [2.05, 4.69) is 35.6 Å². The van der Waals surface area contributed by atoms with Gasteiger partial charge in [0.15, 0.2) is 0 Å². The van der Waals surface area contributed by atoms with Crippen molar-refractivity contribution in [1.29, 1.82) is 0 Å². The highest BCUT2D eigenvalue weighted by Crippen LogP contribution is 2.40. The minimum atomic E-state index is 0.266. The summed E-state index contributed by atoms with van der Waals surface area (Å²) >= 11 is 1.93. The molecule has 1 fully saturated rings. The van der Waals surface area contributed by atoms with Crippen molar-refractivity contribution >= 4 is 11.3 Å². The summed E-state index contributed by atoms with van der Waals surface area (Å²) < 4.78 is 0. The molecule has 2 aliphatic rings. The molecule has 2 atom stereocenters. The van der Waals surface area contributed by atoms with Crippen LogP contribution in [-0.4, -0.2) is 31.1 Å². The Morgan fingerprint density at radius 1 is 1.60 bits per heavy atom. The summed E-state index contributed by atoms with van der Waals surface area (Å²) in [6.07, 6.45) is 2.47. The van der Waals surface area contributed by atoms with Crippen LogP contribution in [0.25, 0.3) is 0 Å². The van der Waals surface area contributed by atoms with Crippen LogP contribution in [0, 0.1) is 0 Å². The van der Waals surface area contributed by atoms with Gasteiger partial charge in [0, 0.05) is 24.0 Å². The zero-order valence-corrected chi connectivity index (χ0v) is 10.2. The van der Waals surface area contributed by atoms with E-state index in [1.807, 2.05) is 11.3 Å². The summed E-state index contributed by atoms with van der Waals surface area (Å²) in [4.78, 5) is 4.08. The molecule has 1 spiro atoms. The van der Waals surface area contributed by atoms with Gasteiger partial charge in [0.05, 0.1) is 5.54 Å². The summed E-state index contributed by atoms with van der Waals surface area (Å²) in [6, 6.07) is 3.03. The third-order valence-corrected chi connectivity index (χ3v) is 4.97. The standard InChI is InChI=1S/C12H18N2S/c1-9-7-12(8-14(9)2)10-4-6-15-11(10)3-5-13-12/h4,6,9,13H,3,5,7-8H2,1-2H3. The molecule has 3 rings (SSSR count). The molecule has 0 bridgehead atoms. The van der Waals surface area contributed by atoms with Gasteiger partial charge in [-0.2, -0.15) is 0 Å². The molecule has 3 heterocycles. The minimum Gasteiger partial charge on any atom is -0.306 e. The number of hydrogen-bond donors (Lipinski definition) is 1. The van der Waals surface area contributed by atoms with Crippen LogP contribution in [-0.2, 0) is 12.0 Å². The van der Waals surface area contributed by atoms with Gasteiger partial charge in [0.2, 0.25) is 0 Å². The number of rotatable bonds is 0. The maximum absolute atomic E-state index is 3.76. The second-order valence-corrected chi connectivity index (χ2v) is 5.99. The van der Waals surface area contributed by atoms with Crippen molar-refractivity contribution in [3.8, 4) is 0 Å². The minimum absolute atomic E-state index is 0.266. The van der Waals surface area contributed by atoms with Crippen molar-refractivity contribution in [2.24, 2.45) is 0 Å². The molecule has 2 aliphatic heterocycles. The molecule has 1 saturated heterocycles. The topological polar surface area (TPSA) is 15.3 Å². The van der Waals surface area contributed by atoms with Gasteiger partial charge in [-0.05, 0) is 43.8 Å². The monoisotopic (exact) mass is 222 g/mol. The molecule has 0 aliphatic carbocycles. The van der Waals surface area contributed by atoms with Crippen LogP contribution in [0.1, 0.15) is 23.8 Å². The zero-order valence-electron chi connectivity index (χ0n) is 9.42. The molecule has 0 aromatic carbocycles. The highest BCUT2D eigenvalue weighted by molar-refractivity contribution is 7.10. The predicted molar refractivity (Wildman–Crippen MR) is 64.4 cm³/mol. The summed E-state index contributed by atoms with van der Waals surface area (Å²) in [5.74, 6) is 0. The van der Waals surface area contributed by atoms with E-state index < -0.39 is 0 Å². The highest BCUT2D eigenvalue weighted by atomic mass is 32.1. The number of likely N-dealkylation sites (tertiary alicyclic amines) is 1. The van der Waals surface area contributed by atoms with Gasteiger partial charge in [-0.15, -0.1) is 11.3 Å². The summed E-state index contributed by atoms with van der Waals surface area (Å²) in [5, 5.41) is 6.01. The molecular formula is C12H18N2S. The fourth-order valence-electron chi connectivity index (χ4n) is 3.10. The normalized spacial score (nSPS) is 36.0. The molecule has 82 valence electrons. The summed E-state index contributed by atoms with van der Waals surface area (Å²) in [5.41, 5.74) is 1.84. The van der Waals surface area contributed by atoms with Crippen LogP contribution in [0.2, 0.25) is 0 Å². The highest BCUT2D eigenvalue weighted by Gasteiger charge is 2.44. The lowest BCUT2D eigenvalue weighted by Gasteiger charge is -2.35. The van der Waals surface area contributed by atoms with Gasteiger partial charge < -0.3 is 10.2 Å². The SMILES string of the molecule is CC1CC2(CN1C)NCCc1sccc12. The van der Waals surface area contributed by atoms with E-state index in [0.29, 0.717) is 6.04 Å². The second-order valence-electron chi connectivity index (χ2n) is 4.98. The first-order valence-electron chi connectivity index (χ1n) is 5.73. The maximum Gasteiger partial charge on any atom is 0.0589 e. The smallest absolute Gasteiger partial charge is 0.0589 e. The van der Waals surface area contributed by atoms with Crippen molar-refractivity contribution in [1.82, 2.24) is 10.2 Å². The van der Waals surface area contributed by atoms with Crippen LogP contribution in [0.15, 0.2) is 11.4 Å². The largest absolute Gasteiger partial charge is 0.306 e. The fourth-order valence-corrected chi connectivity index (χ4v) is 4.08. The molecule has 15 heavy (non-hydrogen) atoms. The average molecular weight is 222 g/mol. The lowest BCUT2D eigenvalue weighted by atomic mass is 9.85. The lowest BCUT2D eigenvalue weighted by Crippen LogP contribution is -2.48. The molecular weight excluding hydrogens is 204 g/mol. The Hall–Kier alpha value is -0.380. The molecule has 3 heteroatoms. The number of hydrogen-bond acceptors (Lipinski definition) is 3. The number of thiophene rings is 1. The van der Waals surface area contributed by atoms with Crippen LogP contribution in [0.3, 0.4) is 0 Å². The Morgan fingerprint density at radius 2 is 2.47 bits per heavy atom. The van der Waals surface area contributed by atoms with Crippen molar-refractivity contribution in [2.45, 2.75) is 31.3 Å². The second kappa shape index (κ2) is 3.30. The Morgan fingerprint density at radius 3 is 3.20 bits per heavy atom. The van der Waals surface area contributed by atoms with Crippen molar-refractivity contribution in [3.05, 3.63) is 21.9 Å². The predicted octanol–water partition coefficient (Wildman–Crippen LogP) is 1.81. The van der Waals surface area contributed by atoms with Crippen LogP contribution in [0.5, 0.6) is 0 Å². The van der Waals surface area contributed by atoms with E-state index in [9.17, 15) is 0 Å². The third-order valence-electron chi connectivity index (χ3n) is 3.99. The van der Waals surface area contributed by atoms with E-state index in [0.717, 1.165) is 13.1 Å². The Kier molecular flexibility index (Phi) is 2.16. The van der Waals surface area contributed by atoms with Crippen molar-refractivity contribution in [2.75, 3.05) is 20.1 Å². The third kappa shape index (κ3) is 1.37. The summed E-state index contributed by atoms with van der Waals surface area (Å²) in [7, 11) is 2.24. The van der Waals surface area contributed by atoms with Crippen LogP contribution >= 0.6 is 11.3 Å². The number of nitrogens with zero attached hydrogens (tertiary/aromatic N) is 1. The molecule has 2 unspecified atom stereocenters. The quantitative estimate of drug-likeness (QED) is 0.720. The molecule has 1 N–H and O–H groups in total. The molecule has 1 aromatic rings. The van der Waals surface area contributed by atoms with E-state index >= 15 is 0 Å². The van der Waals surface area contributed by atoms with E-state index in [1.165, 1.54) is 12.8 Å². The number of nitrogens with one attached hydrogen (secondary N) is 1. The molecule has 0 saturated carbocycles. The Labute approximate surface area is 95.3 Å².